The molecule has 4 N–H and O–H groups in total. The van der Waals surface area contributed by atoms with Crippen molar-refractivity contribution in [2.45, 2.75) is 19.1 Å². The van der Waals surface area contributed by atoms with Gasteiger partial charge in [-0.2, -0.15) is 0 Å². The first-order valence-electron chi connectivity index (χ1n) is 12.5. The van der Waals surface area contributed by atoms with Crippen LogP contribution in [0.1, 0.15) is 11.1 Å². The van der Waals surface area contributed by atoms with E-state index in [9.17, 15) is 15.0 Å². The first kappa shape index (κ1) is 25.2. The van der Waals surface area contributed by atoms with E-state index in [1.54, 1.807) is 12.4 Å². The monoisotopic (exact) mass is 507 g/mol. The number of aromatic amines is 1. The quantitative estimate of drug-likeness (QED) is 0.216. The number of ether oxygens (including phenoxy) is 1. The largest absolute Gasteiger partial charge is 0.507 e. The number of hydrogen-bond donors (Lipinski definition) is 4. The Hall–Kier alpha value is -4.46. The average Bonchev–Trinajstić information content (AvgIpc) is 3.38. The number of phenolic OH excluding ortho intramolecular Hbond substituents is 1. The maximum Gasteiger partial charge on any atom is 0.224 e. The molecule has 5 rings (SSSR count). The zero-order valence-corrected chi connectivity index (χ0v) is 20.8. The predicted molar refractivity (Wildman–Crippen MR) is 147 cm³/mol. The van der Waals surface area contributed by atoms with Crippen molar-refractivity contribution in [2.24, 2.45) is 0 Å². The number of fused-ring (bicyclic) bond motifs is 1. The third kappa shape index (κ3) is 5.91. The van der Waals surface area contributed by atoms with Crippen molar-refractivity contribution in [3.63, 3.8) is 0 Å². The molecule has 5 aromatic rings. The number of aromatic nitrogens is 2. The number of carbonyl (C=O) groups is 1. The van der Waals surface area contributed by atoms with Gasteiger partial charge < -0.3 is 25.3 Å². The number of aliphatic hydroxyl groups is 1. The van der Waals surface area contributed by atoms with E-state index in [2.05, 4.69) is 15.3 Å². The molecule has 0 saturated carbocycles. The van der Waals surface area contributed by atoms with Gasteiger partial charge in [0, 0.05) is 22.7 Å². The van der Waals surface area contributed by atoms with Gasteiger partial charge >= 0.3 is 0 Å². The van der Waals surface area contributed by atoms with E-state index >= 15 is 0 Å². The Morgan fingerprint density at radius 1 is 0.947 bits per heavy atom. The lowest BCUT2D eigenvalue weighted by atomic mass is 9.98. The van der Waals surface area contributed by atoms with Gasteiger partial charge in [0.05, 0.1) is 49.7 Å². The van der Waals surface area contributed by atoms with E-state index in [-0.39, 0.29) is 31.3 Å². The number of phenols is 1. The number of amides is 1. The summed E-state index contributed by atoms with van der Waals surface area (Å²) in [5.41, 5.74) is 5.82. The van der Waals surface area contributed by atoms with Gasteiger partial charge in [-0.05, 0) is 34.9 Å². The smallest absolute Gasteiger partial charge is 0.224 e. The summed E-state index contributed by atoms with van der Waals surface area (Å²) in [5, 5.41) is 24.6. The van der Waals surface area contributed by atoms with Crippen LogP contribution in [0.3, 0.4) is 0 Å². The molecule has 3 aromatic carbocycles. The number of nitrogens with zero attached hydrogens (tertiary/aromatic N) is 1. The average molecular weight is 508 g/mol. The second-order valence-electron chi connectivity index (χ2n) is 9.17. The van der Waals surface area contributed by atoms with E-state index in [0.717, 1.165) is 33.3 Å². The van der Waals surface area contributed by atoms with E-state index in [0.29, 0.717) is 17.7 Å². The van der Waals surface area contributed by atoms with Gasteiger partial charge in [0.25, 0.3) is 0 Å². The molecule has 7 nitrogen and oxygen atoms in total. The van der Waals surface area contributed by atoms with E-state index in [4.69, 9.17) is 4.74 Å². The molecule has 192 valence electrons. The fraction of sp³-hybridized carbons (Fsp3) is 0.161. The predicted octanol–water partition coefficient (Wildman–Crippen LogP) is 4.84. The standard InChI is InChI=1S/C31H29N3O4/c35-18-25(20-38-19-22-5-2-1-3-6-22)33-30(36)15-21-9-11-23(12-10-21)26-7-4-8-27(31(26)37)28-16-24-13-14-32-17-29(24)34-28/h1-14,16-17,25,34-35,37H,15,18-20H2,(H,33,36). The fourth-order valence-corrected chi connectivity index (χ4v) is 4.41. The van der Waals surface area contributed by atoms with Crippen LogP contribution in [0.4, 0.5) is 0 Å². The molecule has 0 bridgehead atoms. The number of aliphatic hydroxyl groups excluding tert-OH is 1. The number of rotatable bonds is 10. The highest BCUT2D eigenvalue weighted by Crippen LogP contribution is 2.38. The van der Waals surface area contributed by atoms with Gasteiger partial charge in [-0.3, -0.25) is 9.78 Å². The Kier molecular flexibility index (Phi) is 7.78. The van der Waals surface area contributed by atoms with Crippen molar-refractivity contribution in [2.75, 3.05) is 13.2 Å². The molecular weight excluding hydrogens is 478 g/mol. The minimum absolute atomic E-state index is 0.171. The van der Waals surface area contributed by atoms with E-state index in [1.165, 1.54) is 0 Å². The number of pyridine rings is 1. The Morgan fingerprint density at radius 2 is 1.74 bits per heavy atom. The molecule has 2 aromatic heterocycles. The highest BCUT2D eigenvalue weighted by molar-refractivity contribution is 5.89. The van der Waals surface area contributed by atoms with Crippen molar-refractivity contribution in [3.8, 4) is 28.1 Å². The number of hydrogen-bond acceptors (Lipinski definition) is 5. The molecule has 1 atom stereocenters. The third-order valence-corrected chi connectivity index (χ3v) is 6.40. The number of benzene rings is 3. The molecule has 38 heavy (non-hydrogen) atoms. The molecule has 0 saturated heterocycles. The summed E-state index contributed by atoms with van der Waals surface area (Å²) < 4.78 is 5.65. The van der Waals surface area contributed by atoms with Crippen molar-refractivity contribution < 1.29 is 19.7 Å². The highest BCUT2D eigenvalue weighted by atomic mass is 16.5. The Balaban J connectivity index is 1.21. The van der Waals surface area contributed by atoms with Gasteiger partial charge in [0.1, 0.15) is 5.75 Å². The Bertz CT molecular complexity index is 1480. The number of aromatic hydroxyl groups is 1. The molecule has 2 heterocycles. The van der Waals surface area contributed by atoms with Crippen LogP contribution < -0.4 is 5.32 Å². The summed E-state index contributed by atoms with van der Waals surface area (Å²) in [5.74, 6) is -0.0166. The van der Waals surface area contributed by atoms with Gasteiger partial charge in [-0.1, -0.05) is 66.7 Å². The Labute approximate surface area is 220 Å². The molecule has 0 spiro atoms. The van der Waals surface area contributed by atoms with Crippen molar-refractivity contribution >= 4 is 16.8 Å². The van der Waals surface area contributed by atoms with Crippen LogP contribution in [0.15, 0.2) is 97.3 Å². The Morgan fingerprint density at radius 3 is 2.50 bits per heavy atom. The maximum absolute atomic E-state index is 12.6. The number of nitrogens with one attached hydrogen (secondary N) is 2. The molecular formula is C31H29N3O4. The van der Waals surface area contributed by atoms with Crippen LogP contribution in [0.25, 0.3) is 33.3 Å². The summed E-state index contributed by atoms with van der Waals surface area (Å²) in [6.07, 6.45) is 3.67. The topological polar surface area (TPSA) is 107 Å². The van der Waals surface area contributed by atoms with E-state index < -0.39 is 6.04 Å². The van der Waals surface area contributed by atoms with E-state index in [1.807, 2.05) is 84.9 Å². The lowest BCUT2D eigenvalue weighted by Crippen LogP contribution is -2.41. The van der Waals surface area contributed by atoms with Crippen LogP contribution in [0.5, 0.6) is 5.75 Å². The molecule has 7 heteroatoms. The van der Waals surface area contributed by atoms with Crippen LogP contribution in [0, 0.1) is 0 Å². The van der Waals surface area contributed by atoms with Gasteiger partial charge in [0.15, 0.2) is 0 Å². The molecule has 0 fully saturated rings. The second kappa shape index (κ2) is 11.7. The number of para-hydroxylation sites is 1. The lowest BCUT2D eigenvalue weighted by molar-refractivity contribution is -0.122. The normalized spacial score (nSPS) is 11.9. The second-order valence-corrected chi connectivity index (χ2v) is 9.17. The zero-order chi connectivity index (χ0) is 26.3. The summed E-state index contributed by atoms with van der Waals surface area (Å²) in [7, 11) is 0. The summed E-state index contributed by atoms with van der Waals surface area (Å²) in [6, 6.07) is 26.3. The molecule has 0 radical (unpaired) electrons. The highest BCUT2D eigenvalue weighted by Gasteiger charge is 2.15. The first-order chi connectivity index (χ1) is 18.6. The zero-order valence-electron chi connectivity index (χ0n) is 20.8. The number of carbonyl (C=O) groups excluding carboxylic acids is 1. The fourth-order valence-electron chi connectivity index (χ4n) is 4.41. The van der Waals surface area contributed by atoms with Crippen LogP contribution in [-0.4, -0.2) is 45.3 Å². The maximum atomic E-state index is 12.6. The van der Waals surface area contributed by atoms with Crippen molar-refractivity contribution in [1.29, 1.82) is 0 Å². The van der Waals surface area contributed by atoms with Crippen molar-refractivity contribution in [1.82, 2.24) is 15.3 Å². The summed E-state index contributed by atoms with van der Waals surface area (Å²) >= 11 is 0. The molecule has 1 unspecified atom stereocenters. The SMILES string of the molecule is O=C(Cc1ccc(-c2cccc(-c3cc4ccncc4[nH]3)c2O)cc1)NC(CO)COCc1ccccc1. The summed E-state index contributed by atoms with van der Waals surface area (Å²) in [4.78, 5) is 20.0. The third-order valence-electron chi connectivity index (χ3n) is 6.40. The minimum atomic E-state index is -0.481. The van der Waals surface area contributed by atoms with Gasteiger partial charge in [-0.25, -0.2) is 0 Å². The summed E-state index contributed by atoms with van der Waals surface area (Å²) in [6.45, 7) is 0.431. The van der Waals surface area contributed by atoms with Gasteiger partial charge in [0.2, 0.25) is 5.91 Å². The number of H-pyrrole nitrogens is 1. The first-order valence-corrected chi connectivity index (χ1v) is 12.5. The molecule has 1 amide bonds. The van der Waals surface area contributed by atoms with Crippen LogP contribution in [-0.2, 0) is 22.6 Å². The van der Waals surface area contributed by atoms with Crippen LogP contribution in [0.2, 0.25) is 0 Å². The van der Waals surface area contributed by atoms with Crippen molar-refractivity contribution in [3.05, 3.63) is 108 Å². The lowest BCUT2D eigenvalue weighted by Gasteiger charge is -2.17. The molecule has 0 aliphatic rings. The van der Waals surface area contributed by atoms with Gasteiger partial charge in [-0.15, -0.1) is 0 Å². The molecule has 0 aliphatic carbocycles. The molecule has 0 aliphatic heterocycles. The van der Waals surface area contributed by atoms with Crippen LogP contribution >= 0.6 is 0 Å². The minimum Gasteiger partial charge on any atom is -0.507 e.